The molecule has 2 N–H and O–H groups in total. The molecule has 0 atom stereocenters. The van der Waals surface area contributed by atoms with Crippen molar-refractivity contribution in [2.24, 2.45) is 0 Å². The highest BCUT2D eigenvalue weighted by molar-refractivity contribution is 7.18. The zero-order valence-electron chi connectivity index (χ0n) is 14.3. The lowest BCUT2D eigenvalue weighted by molar-refractivity contribution is -0.471. The second kappa shape index (κ2) is 8.79. The predicted octanol–water partition coefficient (Wildman–Crippen LogP) is 4.10. The van der Waals surface area contributed by atoms with Gasteiger partial charge >= 0.3 is 6.03 Å². The molecule has 1 heterocycles. The van der Waals surface area contributed by atoms with Gasteiger partial charge in [-0.15, -0.1) is 11.3 Å². The summed E-state index contributed by atoms with van der Waals surface area (Å²) in [4.78, 5) is 27.0. The second-order valence-corrected chi connectivity index (χ2v) is 7.40. The van der Waals surface area contributed by atoms with Crippen molar-refractivity contribution in [2.75, 3.05) is 6.54 Å². The fraction of sp³-hybridized carbons (Fsp3) is 0.222. The van der Waals surface area contributed by atoms with Crippen molar-refractivity contribution in [2.45, 2.75) is 19.4 Å². The van der Waals surface area contributed by atoms with Crippen LogP contribution in [0.25, 0.3) is 10.2 Å². The summed E-state index contributed by atoms with van der Waals surface area (Å²) < 4.78 is 1.06. The zero-order valence-corrected chi connectivity index (χ0v) is 15.8. The number of para-hydroxylation sites is 1. The monoisotopic (exact) mass is 404 g/mol. The number of nitrogens with one attached hydrogen (secondary N) is 2. The molecule has 27 heavy (non-hydrogen) atoms. The molecule has 9 heteroatoms. The normalized spacial score (nSPS) is 16.4. The van der Waals surface area contributed by atoms with E-state index in [1.807, 2.05) is 30.3 Å². The van der Waals surface area contributed by atoms with Crippen LogP contribution in [0.15, 0.2) is 58.8 Å². The van der Waals surface area contributed by atoms with Gasteiger partial charge in [-0.3, -0.25) is 10.1 Å². The van der Waals surface area contributed by atoms with E-state index in [1.165, 1.54) is 11.3 Å². The minimum absolute atomic E-state index is 0.262. The van der Waals surface area contributed by atoms with Gasteiger partial charge in [-0.05, 0) is 37.1 Å². The molecule has 1 aromatic heterocycles. The van der Waals surface area contributed by atoms with E-state index in [0.717, 1.165) is 15.2 Å². The first-order valence-corrected chi connectivity index (χ1v) is 9.47. The molecule has 7 nitrogen and oxygen atoms in total. The molecule has 2 amide bonds. The van der Waals surface area contributed by atoms with Crippen LogP contribution in [-0.4, -0.2) is 22.5 Å². The number of allylic oxidation sites excluding steroid dienone is 4. The lowest BCUT2D eigenvalue weighted by Gasteiger charge is -2.11. The van der Waals surface area contributed by atoms with Gasteiger partial charge in [0.05, 0.1) is 27.5 Å². The van der Waals surface area contributed by atoms with Crippen molar-refractivity contribution in [3.05, 3.63) is 73.9 Å². The summed E-state index contributed by atoms with van der Waals surface area (Å²) in [5.74, 6) is 0. The summed E-state index contributed by atoms with van der Waals surface area (Å²) in [7, 11) is 0. The topological polar surface area (TPSA) is 97.2 Å². The van der Waals surface area contributed by atoms with Gasteiger partial charge in [0.15, 0.2) is 0 Å². The van der Waals surface area contributed by atoms with Crippen LogP contribution < -0.4 is 10.6 Å². The molecule has 0 fully saturated rings. The highest BCUT2D eigenvalue weighted by atomic mass is 35.5. The molecule has 0 radical (unpaired) electrons. The molecule has 1 aliphatic rings. The molecule has 0 aliphatic heterocycles. The Morgan fingerprint density at radius 3 is 2.96 bits per heavy atom. The Hall–Kier alpha value is -2.71. The molecule has 0 bridgehead atoms. The number of nitrogens with zero attached hydrogens (tertiary/aromatic N) is 2. The summed E-state index contributed by atoms with van der Waals surface area (Å²) in [5, 5.41) is 17.2. The van der Waals surface area contributed by atoms with E-state index in [0.29, 0.717) is 30.7 Å². The summed E-state index contributed by atoms with van der Waals surface area (Å²) in [6, 6.07) is 7.35. The minimum Gasteiger partial charge on any atom is -0.331 e. The lowest BCUT2D eigenvalue weighted by Crippen LogP contribution is -2.34. The molecule has 2 aromatic rings. The summed E-state index contributed by atoms with van der Waals surface area (Å²) in [6.07, 6.45) is 6.29. The maximum Gasteiger partial charge on any atom is 0.319 e. The van der Waals surface area contributed by atoms with Gasteiger partial charge in [-0.1, -0.05) is 29.8 Å². The highest BCUT2D eigenvalue weighted by Gasteiger charge is 2.12. The van der Waals surface area contributed by atoms with Gasteiger partial charge in [0.2, 0.25) is 6.54 Å². The van der Waals surface area contributed by atoms with Gasteiger partial charge in [-0.25, -0.2) is 9.78 Å². The number of fused-ring (bicyclic) bond motifs is 1. The molecule has 3 rings (SSSR count). The average Bonchev–Trinajstić information content (AvgIpc) is 3.03. The highest BCUT2D eigenvalue weighted by Crippen LogP contribution is 2.22. The van der Waals surface area contributed by atoms with Crippen LogP contribution in [0.2, 0.25) is 0 Å². The van der Waals surface area contributed by atoms with E-state index in [-0.39, 0.29) is 16.5 Å². The van der Waals surface area contributed by atoms with Crippen LogP contribution in [0, 0.1) is 10.1 Å². The van der Waals surface area contributed by atoms with E-state index in [4.69, 9.17) is 11.6 Å². The Kier molecular flexibility index (Phi) is 6.20. The van der Waals surface area contributed by atoms with Crippen molar-refractivity contribution in [3.8, 4) is 0 Å². The van der Waals surface area contributed by atoms with E-state index in [1.54, 1.807) is 12.2 Å². The van der Waals surface area contributed by atoms with Crippen molar-refractivity contribution in [1.29, 1.82) is 0 Å². The summed E-state index contributed by atoms with van der Waals surface area (Å²) in [6.45, 7) is 0.0311. The molecular weight excluding hydrogens is 388 g/mol. The zero-order chi connectivity index (χ0) is 19.2. The maximum absolute atomic E-state index is 12.2. The molecule has 0 unspecified atom stereocenters. The van der Waals surface area contributed by atoms with Crippen molar-refractivity contribution >= 4 is 39.2 Å². The van der Waals surface area contributed by atoms with Crippen molar-refractivity contribution < 1.29 is 9.72 Å². The van der Waals surface area contributed by atoms with Crippen LogP contribution in [0.5, 0.6) is 0 Å². The largest absolute Gasteiger partial charge is 0.331 e. The van der Waals surface area contributed by atoms with Gasteiger partial charge < -0.3 is 10.6 Å². The first kappa shape index (κ1) is 19.1. The number of benzene rings is 1. The van der Waals surface area contributed by atoms with Crippen molar-refractivity contribution in [3.63, 3.8) is 0 Å². The van der Waals surface area contributed by atoms with E-state index in [9.17, 15) is 14.9 Å². The van der Waals surface area contributed by atoms with E-state index >= 15 is 0 Å². The Balaban J connectivity index is 1.64. The predicted molar refractivity (Wildman–Crippen MR) is 106 cm³/mol. The Labute approximate surface area is 164 Å². The molecule has 0 saturated heterocycles. The number of aromatic nitrogens is 1. The van der Waals surface area contributed by atoms with Gasteiger partial charge in [0, 0.05) is 10.5 Å². The smallest absolute Gasteiger partial charge is 0.319 e. The van der Waals surface area contributed by atoms with Crippen LogP contribution in [0.1, 0.15) is 17.8 Å². The summed E-state index contributed by atoms with van der Waals surface area (Å²) in [5.41, 5.74) is 1.92. The fourth-order valence-electron chi connectivity index (χ4n) is 2.59. The van der Waals surface area contributed by atoms with Crippen molar-refractivity contribution in [1.82, 2.24) is 15.6 Å². The van der Waals surface area contributed by atoms with Crippen LogP contribution in [-0.2, 0) is 6.54 Å². The van der Waals surface area contributed by atoms with Crippen LogP contribution >= 0.6 is 22.9 Å². The summed E-state index contributed by atoms with van der Waals surface area (Å²) >= 11 is 7.75. The third-order valence-electron chi connectivity index (χ3n) is 3.82. The maximum atomic E-state index is 12.2. The average molecular weight is 405 g/mol. The third kappa shape index (κ3) is 5.38. The Bertz CT molecular complexity index is 931. The van der Waals surface area contributed by atoms with Gasteiger partial charge in [-0.2, -0.15) is 0 Å². The number of halogens is 1. The molecule has 1 aliphatic carbocycles. The van der Waals surface area contributed by atoms with E-state index in [2.05, 4.69) is 15.6 Å². The molecule has 0 saturated carbocycles. The lowest BCUT2D eigenvalue weighted by atomic mass is 10.1. The molecule has 140 valence electrons. The fourth-order valence-corrected chi connectivity index (χ4v) is 3.76. The van der Waals surface area contributed by atoms with Gasteiger partial charge in [0.25, 0.3) is 0 Å². The number of thiazole rings is 1. The van der Waals surface area contributed by atoms with Crippen LogP contribution in [0.4, 0.5) is 4.79 Å². The number of carbonyl (C=O) groups is 1. The standard InChI is InChI=1S/C18H17ClN4O3S/c19-13-9-12(11-23(25)26)5-1-2-6-14(13)22-18(24)20-10-17-21-15-7-3-4-8-16(15)27-17/h2-4,6-9H,1,5,10-11H2,(H2,20,22,24)/b6-2?,12-9+,14-13?. The molecule has 1 aromatic carbocycles. The first-order chi connectivity index (χ1) is 13.0. The first-order valence-electron chi connectivity index (χ1n) is 8.28. The van der Waals surface area contributed by atoms with Gasteiger partial charge in [0.1, 0.15) is 5.01 Å². The number of carbonyl (C=O) groups excluding carboxylic acids is 1. The SMILES string of the molecule is O=C(NCc1nc2ccccc2s1)NC1=C(Cl)/C=C(/C[N+](=O)[O-])CCC=C1. The number of hydrogen-bond donors (Lipinski definition) is 2. The molecular formula is C18H17ClN4O3S. The van der Waals surface area contributed by atoms with E-state index < -0.39 is 6.03 Å². The number of rotatable bonds is 5. The number of urea groups is 1. The molecule has 0 spiro atoms. The quantitative estimate of drug-likeness (QED) is 0.579. The minimum atomic E-state index is -0.420. The number of hydrogen-bond acceptors (Lipinski definition) is 5. The second-order valence-electron chi connectivity index (χ2n) is 5.88. The number of amides is 2. The third-order valence-corrected chi connectivity index (χ3v) is 5.17. The van der Waals surface area contributed by atoms with Crippen LogP contribution in [0.3, 0.4) is 0 Å². The number of nitro groups is 1. The Morgan fingerprint density at radius 2 is 2.19 bits per heavy atom. The Morgan fingerprint density at radius 1 is 1.37 bits per heavy atom.